The highest BCUT2D eigenvalue weighted by Gasteiger charge is 2.15. The molecule has 3 heteroatoms. The predicted molar refractivity (Wildman–Crippen MR) is 141 cm³/mol. The number of benzene rings is 5. The van der Waals surface area contributed by atoms with Crippen LogP contribution in [0, 0.1) is 0 Å². The summed E-state index contributed by atoms with van der Waals surface area (Å²) < 4.78 is 2.30. The van der Waals surface area contributed by atoms with Crippen LogP contribution in [0.4, 0.5) is 5.69 Å². The molecule has 1 amide bonds. The van der Waals surface area contributed by atoms with E-state index in [-0.39, 0.29) is 5.91 Å². The van der Waals surface area contributed by atoms with Crippen LogP contribution in [0.25, 0.3) is 38.6 Å². The van der Waals surface area contributed by atoms with Crippen molar-refractivity contribution in [2.24, 2.45) is 0 Å². The summed E-state index contributed by atoms with van der Waals surface area (Å²) in [5.74, 6) is -0.118. The van der Waals surface area contributed by atoms with E-state index >= 15 is 0 Å². The first kappa shape index (κ1) is 20.0. The molecule has 162 valence electrons. The lowest BCUT2D eigenvalue weighted by Gasteiger charge is -2.13. The van der Waals surface area contributed by atoms with E-state index in [9.17, 15) is 4.79 Å². The molecule has 6 aromatic rings. The number of amides is 1. The standard InChI is InChI=1S/C31H22N2O/c34-31(22-11-3-1-4-12-22)32-28-17-9-7-15-25(28)23-19-20-27-26-16-8-10-18-29(26)33(30(27)21-23)24-13-5-2-6-14-24/h1-21H,(H,32,34). The van der Waals surface area contributed by atoms with Crippen LogP contribution in [0.5, 0.6) is 0 Å². The van der Waals surface area contributed by atoms with Gasteiger partial charge in [-0.25, -0.2) is 0 Å². The Kier molecular flexibility index (Phi) is 4.93. The van der Waals surface area contributed by atoms with Gasteiger partial charge in [-0.1, -0.05) is 84.9 Å². The fourth-order valence-electron chi connectivity index (χ4n) is 4.62. The van der Waals surface area contributed by atoms with Crippen molar-refractivity contribution >= 4 is 33.4 Å². The van der Waals surface area contributed by atoms with Crippen molar-refractivity contribution in [2.45, 2.75) is 0 Å². The first-order chi connectivity index (χ1) is 16.8. The van der Waals surface area contributed by atoms with Gasteiger partial charge in [0.25, 0.3) is 5.91 Å². The van der Waals surface area contributed by atoms with E-state index in [1.165, 1.54) is 16.3 Å². The molecule has 1 N–H and O–H groups in total. The van der Waals surface area contributed by atoms with E-state index in [0.717, 1.165) is 28.0 Å². The molecule has 0 bridgehead atoms. The molecule has 0 aliphatic heterocycles. The van der Waals surface area contributed by atoms with Crippen molar-refractivity contribution in [3.8, 4) is 16.8 Å². The van der Waals surface area contributed by atoms with Crippen molar-refractivity contribution in [1.82, 2.24) is 4.57 Å². The number of hydrogen-bond donors (Lipinski definition) is 1. The number of hydrogen-bond acceptors (Lipinski definition) is 1. The second kappa shape index (κ2) is 8.38. The second-order valence-electron chi connectivity index (χ2n) is 8.29. The molecule has 6 rings (SSSR count). The van der Waals surface area contributed by atoms with E-state index in [1.54, 1.807) is 0 Å². The Morgan fingerprint density at radius 1 is 0.588 bits per heavy atom. The molecule has 0 atom stereocenters. The molecule has 34 heavy (non-hydrogen) atoms. The van der Waals surface area contributed by atoms with Gasteiger partial charge in [0.05, 0.1) is 11.0 Å². The molecule has 1 heterocycles. The largest absolute Gasteiger partial charge is 0.321 e. The van der Waals surface area contributed by atoms with Gasteiger partial charge in [0.1, 0.15) is 0 Å². The van der Waals surface area contributed by atoms with Crippen LogP contribution in [0.15, 0.2) is 127 Å². The van der Waals surface area contributed by atoms with Crippen molar-refractivity contribution in [1.29, 1.82) is 0 Å². The van der Waals surface area contributed by atoms with Crippen molar-refractivity contribution < 1.29 is 4.79 Å². The zero-order chi connectivity index (χ0) is 22.9. The molecule has 0 fully saturated rings. The minimum absolute atomic E-state index is 0.118. The van der Waals surface area contributed by atoms with Crippen LogP contribution in [0.2, 0.25) is 0 Å². The molecule has 0 saturated heterocycles. The zero-order valence-electron chi connectivity index (χ0n) is 18.5. The third kappa shape index (κ3) is 3.44. The zero-order valence-corrected chi connectivity index (χ0v) is 18.5. The van der Waals surface area contributed by atoms with E-state index in [0.29, 0.717) is 5.56 Å². The van der Waals surface area contributed by atoms with Crippen molar-refractivity contribution in [3.05, 3.63) is 133 Å². The first-order valence-corrected chi connectivity index (χ1v) is 11.3. The number of aromatic nitrogens is 1. The Bertz CT molecular complexity index is 1630. The van der Waals surface area contributed by atoms with Gasteiger partial charge in [-0.2, -0.15) is 0 Å². The van der Waals surface area contributed by atoms with Crippen LogP contribution in [0.3, 0.4) is 0 Å². The summed E-state index contributed by atoms with van der Waals surface area (Å²) in [6.07, 6.45) is 0. The quantitative estimate of drug-likeness (QED) is 0.301. The number of nitrogens with one attached hydrogen (secondary N) is 1. The highest BCUT2D eigenvalue weighted by molar-refractivity contribution is 6.11. The summed E-state index contributed by atoms with van der Waals surface area (Å²) in [7, 11) is 0. The predicted octanol–water partition coefficient (Wildman–Crippen LogP) is 7.70. The molecular formula is C31H22N2O. The number of anilines is 1. The maximum absolute atomic E-state index is 12.9. The first-order valence-electron chi connectivity index (χ1n) is 11.3. The average molecular weight is 439 g/mol. The summed E-state index contributed by atoms with van der Waals surface area (Å²) in [5.41, 5.74) is 6.89. The van der Waals surface area contributed by atoms with Gasteiger partial charge < -0.3 is 9.88 Å². The SMILES string of the molecule is O=C(Nc1ccccc1-c1ccc2c3ccccc3n(-c3ccccc3)c2c1)c1ccccc1. The van der Waals surface area contributed by atoms with Crippen molar-refractivity contribution in [2.75, 3.05) is 5.32 Å². The fraction of sp³-hybridized carbons (Fsp3) is 0. The maximum atomic E-state index is 12.9. The Morgan fingerprint density at radius 3 is 2.06 bits per heavy atom. The molecule has 0 spiro atoms. The average Bonchev–Trinajstić information content (AvgIpc) is 3.23. The number of fused-ring (bicyclic) bond motifs is 3. The van der Waals surface area contributed by atoms with Crippen LogP contribution in [0.1, 0.15) is 10.4 Å². The maximum Gasteiger partial charge on any atom is 0.255 e. The van der Waals surface area contributed by atoms with Gasteiger partial charge in [0, 0.05) is 33.3 Å². The summed E-state index contributed by atoms with van der Waals surface area (Å²) in [6, 6.07) is 42.7. The van der Waals surface area contributed by atoms with Crippen LogP contribution in [-0.2, 0) is 0 Å². The molecule has 3 nitrogen and oxygen atoms in total. The van der Waals surface area contributed by atoms with Crippen LogP contribution in [-0.4, -0.2) is 10.5 Å². The Labute approximate surface area is 197 Å². The van der Waals surface area contributed by atoms with Crippen molar-refractivity contribution in [3.63, 3.8) is 0 Å². The summed E-state index contributed by atoms with van der Waals surface area (Å²) in [4.78, 5) is 12.9. The van der Waals surface area contributed by atoms with E-state index in [2.05, 4.69) is 82.7 Å². The summed E-state index contributed by atoms with van der Waals surface area (Å²) in [5, 5.41) is 5.52. The van der Waals surface area contributed by atoms with E-state index in [1.807, 2.05) is 54.6 Å². The topological polar surface area (TPSA) is 34.0 Å². The minimum Gasteiger partial charge on any atom is -0.321 e. The third-order valence-corrected chi connectivity index (χ3v) is 6.21. The Hall–Kier alpha value is -4.63. The fourth-order valence-corrected chi connectivity index (χ4v) is 4.62. The third-order valence-electron chi connectivity index (χ3n) is 6.21. The lowest BCUT2D eigenvalue weighted by atomic mass is 10.0. The van der Waals surface area contributed by atoms with Gasteiger partial charge in [-0.3, -0.25) is 4.79 Å². The number of para-hydroxylation sites is 3. The number of rotatable bonds is 4. The molecule has 0 saturated carbocycles. The number of carbonyl (C=O) groups excluding carboxylic acids is 1. The number of nitrogens with zero attached hydrogens (tertiary/aromatic N) is 1. The molecule has 1 aromatic heterocycles. The molecule has 0 aliphatic rings. The Balaban J connectivity index is 1.51. The Morgan fingerprint density at radius 2 is 1.24 bits per heavy atom. The van der Waals surface area contributed by atoms with E-state index < -0.39 is 0 Å². The van der Waals surface area contributed by atoms with Gasteiger partial charge in [0.2, 0.25) is 0 Å². The normalized spacial score (nSPS) is 11.1. The monoisotopic (exact) mass is 438 g/mol. The smallest absolute Gasteiger partial charge is 0.255 e. The summed E-state index contributed by atoms with van der Waals surface area (Å²) in [6.45, 7) is 0. The molecule has 0 aliphatic carbocycles. The van der Waals surface area contributed by atoms with Gasteiger partial charge >= 0.3 is 0 Å². The lowest BCUT2D eigenvalue weighted by molar-refractivity contribution is 0.102. The van der Waals surface area contributed by atoms with Crippen LogP contribution < -0.4 is 5.32 Å². The van der Waals surface area contributed by atoms with Gasteiger partial charge in [0.15, 0.2) is 0 Å². The second-order valence-corrected chi connectivity index (χ2v) is 8.29. The molecule has 5 aromatic carbocycles. The highest BCUT2D eigenvalue weighted by Crippen LogP contribution is 2.36. The summed E-state index contributed by atoms with van der Waals surface area (Å²) >= 11 is 0. The minimum atomic E-state index is -0.118. The highest BCUT2D eigenvalue weighted by atomic mass is 16.1. The van der Waals surface area contributed by atoms with Gasteiger partial charge in [-0.05, 0) is 48.0 Å². The molecule has 0 radical (unpaired) electrons. The number of carbonyl (C=O) groups is 1. The lowest BCUT2D eigenvalue weighted by Crippen LogP contribution is -2.12. The van der Waals surface area contributed by atoms with Crippen LogP contribution >= 0.6 is 0 Å². The molecular weight excluding hydrogens is 416 g/mol. The van der Waals surface area contributed by atoms with Gasteiger partial charge in [-0.15, -0.1) is 0 Å². The molecule has 0 unspecified atom stereocenters. The van der Waals surface area contributed by atoms with E-state index in [4.69, 9.17) is 0 Å².